The molecule has 6 nitrogen and oxygen atoms in total. The van der Waals surface area contributed by atoms with Gasteiger partial charge in [-0.05, 0) is 121 Å². The molecule has 0 saturated heterocycles. The lowest BCUT2D eigenvalue weighted by Gasteiger charge is -2.14. The van der Waals surface area contributed by atoms with Gasteiger partial charge in [0, 0.05) is 27.7 Å². The van der Waals surface area contributed by atoms with Crippen LogP contribution in [0.3, 0.4) is 0 Å². The number of nitrogens with zero attached hydrogens (tertiary/aromatic N) is 5. The third-order valence-corrected chi connectivity index (χ3v) is 9.25. The number of hydrogen-bond acceptors (Lipinski definition) is 4. The third kappa shape index (κ3) is 3.36. The molecule has 212 valence electrons. The topological polar surface area (TPSA) is 56.7 Å². The molecule has 0 aliphatic rings. The van der Waals surface area contributed by atoms with E-state index in [0.717, 1.165) is 83.0 Å². The van der Waals surface area contributed by atoms with Crippen LogP contribution in [-0.2, 0) is 0 Å². The van der Waals surface area contributed by atoms with E-state index in [1.807, 2.05) is 42.6 Å². The van der Waals surface area contributed by atoms with Gasteiger partial charge in [0.2, 0.25) is 0 Å². The summed E-state index contributed by atoms with van der Waals surface area (Å²) in [6.45, 7) is 4.34. The molecule has 0 radical (unpaired) electrons. The maximum atomic E-state index is 6.62. The van der Waals surface area contributed by atoms with E-state index in [4.69, 9.17) is 19.7 Å². The van der Waals surface area contributed by atoms with Crippen molar-refractivity contribution in [3.63, 3.8) is 0 Å². The van der Waals surface area contributed by atoms with E-state index >= 15 is 0 Å². The average Bonchev–Trinajstić information content (AvgIpc) is 3.66. The van der Waals surface area contributed by atoms with Gasteiger partial charge in [0.05, 0.1) is 27.6 Å². The summed E-state index contributed by atoms with van der Waals surface area (Å²) in [6.07, 6.45) is 1.84. The molecule has 0 bridgehead atoms. The Balaban J connectivity index is 1.20. The van der Waals surface area contributed by atoms with Crippen LogP contribution in [0.2, 0.25) is 0 Å². The molecule has 0 amide bonds. The fraction of sp³-hybridized carbons (Fsp3) is 0.0513. The average molecular weight is 580 g/mol. The van der Waals surface area contributed by atoms with Crippen LogP contribution in [0.15, 0.2) is 115 Å². The Bertz CT molecular complexity index is 2880. The van der Waals surface area contributed by atoms with Gasteiger partial charge in [-0.3, -0.25) is 8.80 Å². The summed E-state index contributed by atoms with van der Waals surface area (Å²) in [7, 11) is 0. The van der Waals surface area contributed by atoms with Gasteiger partial charge in [-0.15, -0.1) is 0 Å². The van der Waals surface area contributed by atoms with Gasteiger partial charge >= 0.3 is 0 Å². The quantitative estimate of drug-likeness (QED) is 0.191. The fourth-order valence-corrected chi connectivity index (χ4v) is 7.01. The molecule has 0 unspecified atom stereocenters. The van der Waals surface area contributed by atoms with Crippen molar-refractivity contribution >= 4 is 76.8 Å². The first-order chi connectivity index (χ1) is 22.1. The Morgan fingerprint density at radius 3 is 1.78 bits per heavy atom. The van der Waals surface area contributed by atoms with E-state index in [0.29, 0.717) is 0 Å². The van der Waals surface area contributed by atoms with Gasteiger partial charge < -0.3 is 4.74 Å². The summed E-state index contributed by atoms with van der Waals surface area (Å²) < 4.78 is 11.1. The van der Waals surface area contributed by atoms with E-state index in [1.54, 1.807) is 0 Å². The molecular formula is C39H25N5O. The Morgan fingerprint density at radius 2 is 1.07 bits per heavy atom. The van der Waals surface area contributed by atoms with Crippen LogP contribution < -0.4 is 4.74 Å². The Hall–Kier alpha value is -6.01. The lowest BCUT2D eigenvalue weighted by molar-refractivity contribution is 0.484. The zero-order valence-electron chi connectivity index (χ0n) is 24.6. The zero-order chi connectivity index (χ0) is 29.8. The van der Waals surface area contributed by atoms with Crippen LogP contribution in [0.25, 0.3) is 76.8 Å². The van der Waals surface area contributed by atoms with Gasteiger partial charge in [-0.25, -0.2) is 15.0 Å². The molecule has 5 heterocycles. The van der Waals surface area contributed by atoms with Crippen molar-refractivity contribution in [3.05, 3.63) is 127 Å². The lowest BCUT2D eigenvalue weighted by Crippen LogP contribution is -1.95. The van der Waals surface area contributed by atoms with Crippen molar-refractivity contribution in [2.75, 3.05) is 0 Å². The molecule has 0 spiro atoms. The smallest absolute Gasteiger partial charge is 0.147 e. The summed E-state index contributed by atoms with van der Waals surface area (Å²) in [4.78, 5) is 14.9. The minimum absolute atomic E-state index is 0.746. The van der Waals surface area contributed by atoms with Crippen molar-refractivity contribution in [1.29, 1.82) is 0 Å². The first-order valence-corrected chi connectivity index (χ1v) is 15.1. The number of pyridine rings is 3. The van der Waals surface area contributed by atoms with Crippen molar-refractivity contribution in [1.82, 2.24) is 23.8 Å². The van der Waals surface area contributed by atoms with Gasteiger partial charge in [0.15, 0.2) is 0 Å². The van der Waals surface area contributed by atoms with E-state index in [9.17, 15) is 0 Å². The fourth-order valence-electron chi connectivity index (χ4n) is 7.01. The molecule has 0 aliphatic carbocycles. The van der Waals surface area contributed by atoms with Gasteiger partial charge in [0.1, 0.15) is 28.4 Å². The predicted octanol–water partition coefficient (Wildman–Crippen LogP) is 9.71. The molecule has 45 heavy (non-hydrogen) atoms. The number of imidazole rings is 2. The second-order valence-electron chi connectivity index (χ2n) is 11.9. The highest BCUT2D eigenvalue weighted by molar-refractivity contribution is 6.15. The molecule has 5 aromatic carbocycles. The highest BCUT2D eigenvalue weighted by Gasteiger charge is 2.17. The highest BCUT2D eigenvalue weighted by Crippen LogP contribution is 2.38. The number of aryl methyl sites for hydroxylation is 2. The monoisotopic (exact) mass is 579 g/mol. The number of rotatable bonds is 2. The first-order valence-electron chi connectivity index (χ1n) is 15.1. The molecule has 0 fully saturated rings. The standard InChI is InChI=1S/C39H25N5O/c1-22-18-29-27-16-14-25(21-31(27)38-41-32-9-3-5-11-34(32)43(38)36(29)19-23(22)2)45-24-13-15-26-28-8-7-17-40-37(28)44-35-12-6-4-10-33(35)42-39(44)30(26)20-24/h3-21H,1-2H3. The van der Waals surface area contributed by atoms with Crippen LogP contribution in [0.1, 0.15) is 11.1 Å². The SMILES string of the molecule is Cc1cc2c3ccc(Oc4ccc5c6cccnc6n6c7ccccc7nc6c5c4)cc3c3nc4ccccc4n3c2cc1C. The minimum atomic E-state index is 0.746. The molecule has 0 N–H and O–H groups in total. The van der Waals surface area contributed by atoms with Crippen LogP contribution in [0, 0.1) is 13.8 Å². The Morgan fingerprint density at radius 1 is 0.467 bits per heavy atom. The van der Waals surface area contributed by atoms with Crippen molar-refractivity contribution in [3.8, 4) is 11.5 Å². The second kappa shape index (κ2) is 8.77. The summed E-state index contributed by atoms with van der Waals surface area (Å²) in [5, 5.41) is 6.60. The molecule has 5 aromatic heterocycles. The molecule has 0 saturated carbocycles. The van der Waals surface area contributed by atoms with E-state index in [-0.39, 0.29) is 0 Å². The summed E-state index contributed by atoms with van der Waals surface area (Å²) >= 11 is 0. The van der Waals surface area contributed by atoms with E-state index in [2.05, 4.69) is 95.4 Å². The van der Waals surface area contributed by atoms with Crippen LogP contribution in [0.5, 0.6) is 11.5 Å². The Kier molecular flexibility index (Phi) is 4.76. The van der Waals surface area contributed by atoms with Crippen molar-refractivity contribution in [2.24, 2.45) is 0 Å². The normalized spacial score (nSPS) is 12.2. The zero-order valence-corrected chi connectivity index (χ0v) is 24.6. The van der Waals surface area contributed by atoms with Crippen molar-refractivity contribution in [2.45, 2.75) is 13.8 Å². The van der Waals surface area contributed by atoms with Crippen LogP contribution in [-0.4, -0.2) is 23.8 Å². The van der Waals surface area contributed by atoms with Gasteiger partial charge in [-0.1, -0.05) is 24.3 Å². The second-order valence-corrected chi connectivity index (χ2v) is 11.9. The van der Waals surface area contributed by atoms with Gasteiger partial charge in [-0.2, -0.15) is 0 Å². The molecule has 6 heteroatoms. The first kappa shape index (κ1) is 24.4. The number of fused-ring (bicyclic) bond motifs is 16. The number of para-hydroxylation sites is 4. The molecule has 10 rings (SSSR count). The van der Waals surface area contributed by atoms with Crippen LogP contribution >= 0.6 is 0 Å². The van der Waals surface area contributed by atoms with Crippen molar-refractivity contribution < 1.29 is 4.74 Å². The largest absolute Gasteiger partial charge is 0.457 e. The third-order valence-electron chi connectivity index (χ3n) is 9.25. The lowest BCUT2D eigenvalue weighted by atomic mass is 10.0. The maximum absolute atomic E-state index is 6.62. The highest BCUT2D eigenvalue weighted by atomic mass is 16.5. The number of ether oxygens (including phenoxy) is 1. The predicted molar refractivity (Wildman–Crippen MR) is 183 cm³/mol. The maximum Gasteiger partial charge on any atom is 0.147 e. The van der Waals surface area contributed by atoms with E-state index < -0.39 is 0 Å². The minimum Gasteiger partial charge on any atom is -0.457 e. The Labute approximate surface area is 256 Å². The number of benzene rings is 5. The summed E-state index contributed by atoms with van der Waals surface area (Å²) in [5.74, 6) is 1.50. The van der Waals surface area contributed by atoms with E-state index in [1.165, 1.54) is 16.5 Å². The summed E-state index contributed by atoms with van der Waals surface area (Å²) in [6, 6.07) is 37.8. The molecule has 0 aliphatic heterocycles. The van der Waals surface area contributed by atoms with Gasteiger partial charge in [0.25, 0.3) is 0 Å². The summed E-state index contributed by atoms with van der Waals surface area (Å²) in [5.41, 5.74) is 10.4. The number of hydrogen-bond donors (Lipinski definition) is 0. The molecular weight excluding hydrogens is 554 g/mol. The molecule has 0 atom stereocenters. The molecule has 10 aromatic rings. The van der Waals surface area contributed by atoms with Crippen LogP contribution in [0.4, 0.5) is 0 Å². The number of aromatic nitrogens is 5.